The molecule has 0 unspecified atom stereocenters. The van der Waals surface area contributed by atoms with Crippen molar-refractivity contribution >= 4 is 28.8 Å². The number of likely N-dealkylation sites (N-methyl/N-ethyl adjacent to an activating group) is 1. The van der Waals surface area contributed by atoms with Crippen LogP contribution in [-0.4, -0.2) is 38.1 Å². The standard InChI is InChI=1S/C23H23N3O3S/c1-24-23(28)19-14-26(17-10-5-6-11-18(17)29-19)15-21(27)25-22(20-12-7-13-30-20)16-8-3-2-4-9-16/h2-13,19,22H,14-15H2,1H3,(H,24,28)(H,25,27)/t19-,22+/m1/s1. The Morgan fingerprint density at radius 2 is 1.87 bits per heavy atom. The van der Waals surface area contributed by atoms with Gasteiger partial charge >= 0.3 is 0 Å². The average Bonchev–Trinajstić information content (AvgIpc) is 3.32. The molecule has 1 aliphatic rings. The summed E-state index contributed by atoms with van der Waals surface area (Å²) in [5.41, 5.74) is 1.83. The average molecular weight is 422 g/mol. The number of carbonyl (C=O) groups is 2. The molecule has 1 aliphatic heterocycles. The lowest BCUT2D eigenvalue weighted by Gasteiger charge is -2.35. The summed E-state index contributed by atoms with van der Waals surface area (Å²) in [5, 5.41) is 7.79. The molecule has 1 aromatic heterocycles. The fraction of sp³-hybridized carbons (Fsp3) is 0.217. The largest absolute Gasteiger partial charge is 0.477 e. The molecule has 0 saturated heterocycles. The van der Waals surface area contributed by atoms with Crippen LogP contribution in [0.15, 0.2) is 72.1 Å². The normalized spacial score (nSPS) is 16.2. The number of ether oxygens (including phenoxy) is 1. The zero-order chi connectivity index (χ0) is 20.9. The maximum Gasteiger partial charge on any atom is 0.262 e. The third-order valence-corrected chi connectivity index (χ3v) is 5.94. The first-order valence-corrected chi connectivity index (χ1v) is 10.6. The molecule has 30 heavy (non-hydrogen) atoms. The monoisotopic (exact) mass is 421 g/mol. The van der Waals surface area contributed by atoms with Crippen LogP contribution in [0.1, 0.15) is 16.5 Å². The first kappa shape index (κ1) is 20.0. The molecule has 0 saturated carbocycles. The molecule has 2 N–H and O–H groups in total. The first-order valence-electron chi connectivity index (χ1n) is 9.75. The van der Waals surface area contributed by atoms with Gasteiger partial charge in [-0.05, 0) is 29.1 Å². The molecule has 0 fully saturated rings. The van der Waals surface area contributed by atoms with Gasteiger partial charge in [-0.1, -0.05) is 48.5 Å². The molecule has 0 spiro atoms. The number of para-hydroxylation sites is 2. The predicted octanol–water partition coefficient (Wildman–Crippen LogP) is 2.97. The van der Waals surface area contributed by atoms with Gasteiger partial charge in [0.15, 0.2) is 6.10 Å². The fourth-order valence-electron chi connectivity index (χ4n) is 3.55. The Morgan fingerprint density at radius 3 is 2.60 bits per heavy atom. The summed E-state index contributed by atoms with van der Waals surface area (Å²) in [5.74, 6) is 0.267. The number of benzene rings is 2. The lowest BCUT2D eigenvalue weighted by atomic mass is 10.1. The Bertz CT molecular complexity index is 1010. The SMILES string of the molecule is CNC(=O)[C@H]1CN(CC(=O)N[C@@H](c2ccccc2)c2cccs2)c2ccccc2O1. The fourth-order valence-corrected chi connectivity index (χ4v) is 4.36. The highest BCUT2D eigenvalue weighted by atomic mass is 32.1. The van der Waals surface area contributed by atoms with E-state index in [0.29, 0.717) is 12.3 Å². The molecule has 4 rings (SSSR count). The van der Waals surface area contributed by atoms with Crippen molar-refractivity contribution in [2.75, 3.05) is 25.0 Å². The van der Waals surface area contributed by atoms with Gasteiger partial charge in [-0.25, -0.2) is 0 Å². The summed E-state index contributed by atoms with van der Waals surface area (Å²) >= 11 is 1.61. The number of fused-ring (bicyclic) bond motifs is 1. The van der Waals surface area contributed by atoms with Crippen molar-refractivity contribution in [3.05, 3.63) is 82.6 Å². The summed E-state index contributed by atoms with van der Waals surface area (Å²) in [6.45, 7) is 0.432. The van der Waals surface area contributed by atoms with E-state index >= 15 is 0 Å². The van der Waals surface area contributed by atoms with Gasteiger partial charge in [0.25, 0.3) is 5.91 Å². The zero-order valence-electron chi connectivity index (χ0n) is 16.6. The van der Waals surface area contributed by atoms with Crippen molar-refractivity contribution in [1.82, 2.24) is 10.6 Å². The van der Waals surface area contributed by atoms with Crippen molar-refractivity contribution in [3.8, 4) is 5.75 Å². The van der Waals surface area contributed by atoms with Gasteiger partial charge in [-0.15, -0.1) is 11.3 Å². The maximum absolute atomic E-state index is 13.1. The molecule has 6 nitrogen and oxygen atoms in total. The van der Waals surface area contributed by atoms with Gasteiger partial charge < -0.3 is 20.3 Å². The smallest absolute Gasteiger partial charge is 0.262 e. The van der Waals surface area contributed by atoms with Crippen molar-refractivity contribution in [1.29, 1.82) is 0 Å². The second kappa shape index (κ2) is 9.00. The highest BCUT2D eigenvalue weighted by molar-refractivity contribution is 7.10. The van der Waals surface area contributed by atoms with Crippen molar-refractivity contribution in [2.24, 2.45) is 0 Å². The van der Waals surface area contributed by atoms with Crippen LogP contribution in [-0.2, 0) is 9.59 Å². The molecule has 2 amide bonds. The topological polar surface area (TPSA) is 70.7 Å². The van der Waals surface area contributed by atoms with Crippen molar-refractivity contribution < 1.29 is 14.3 Å². The number of carbonyl (C=O) groups excluding carboxylic acids is 2. The minimum absolute atomic E-state index is 0.121. The molecular formula is C23H23N3O3S. The summed E-state index contributed by atoms with van der Waals surface area (Å²) in [6, 6.07) is 21.2. The molecule has 0 aliphatic carbocycles. The summed E-state index contributed by atoms with van der Waals surface area (Å²) in [4.78, 5) is 28.2. The van der Waals surface area contributed by atoms with Crippen LogP contribution in [0.5, 0.6) is 5.75 Å². The Kier molecular flexibility index (Phi) is 5.99. The van der Waals surface area contributed by atoms with Crippen molar-refractivity contribution in [2.45, 2.75) is 12.1 Å². The molecule has 3 aromatic rings. The lowest BCUT2D eigenvalue weighted by Crippen LogP contribution is -2.50. The molecule has 2 atom stereocenters. The molecule has 7 heteroatoms. The van der Waals surface area contributed by atoms with E-state index in [9.17, 15) is 9.59 Å². The van der Waals surface area contributed by atoms with Crippen molar-refractivity contribution in [3.63, 3.8) is 0 Å². The lowest BCUT2D eigenvalue weighted by molar-refractivity contribution is -0.127. The number of hydrogen-bond donors (Lipinski definition) is 2. The van der Waals surface area contributed by atoms with Crippen LogP contribution in [0.3, 0.4) is 0 Å². The number of nitrogens with zero attached hydrogens (tertiary/aromatic N) is 1. The summed E-state index contributed by atoms with van der Waals surface area (Å²) < 4.78 is 5.82. The highest BCUT2D eigenvalue weighted by Gasteiger charge is 2.31. The van der Waals surface area contributed by atoms with E-state index in [4.69, 9.17) is 4.74 Å². The van der Waals surface area contributed by atoms with E-state index in [2.05, 4.69) is 10.6 Å². The van der Waals surface area contributed by atoms with Crippen LogP contribution in [0, 0.1) is 0 Å². The van der Waals surface area contributed by atoms with E-state index in [1.54, 1.807) is 18.4 Å². The van der Waals surface area contributed by atoms with E-state index in [0.717, 1.165) is 16.1 Å². The van der Waals surface area contributed by atoms with Gasteiger partial charge in [-0.2, -0.15) is 0 Å². The number of rotatable bonds is 6. The van der Waals surface area contributed by atoms with Crippen LogP contribution in [0.25, 0.3) is 0 Å². The maximum atomic E-state index is 13.1. The Labute approximate surface area is 179 Å². The Morgan fingerprint density at radius 1 is 1.10 bits per heavy atom. The summed E-state index contributed by atoms with van der Waals surface area (Å²) in [6.07, 6.45) is -0.667. The first-order chi connectivity index (χ1) is 14.7. The second-order valence-electron chi connectivity index (χ2n) is 7.00. The van der Waals surface area contributed by atoms with Gasteiger partial charge in [0.05, 0.1) is 24.8 Å². The summed E-state index contributed by atoms with van der Waals surface area (Å²) in [7, 11) is 1.58. The highest BCUT2D eigenvalue weighted by Crippen LogP contribution is 2.33. The molecule has 154 valence electrons. The Balaban J connectivity index is 1.54. The van der Waals surface area contributed by atoms with Gasteiger partial charge in [0, 0.05) is 11.9 Å². The van der Waals surface area contributed by atoms with E-state index < -0.39 is 6.10 Å². The van der Waals surface area contributed by atoms with Gasteiger partial charge in [0.2, 0.25) is 5.91 Å². The van der Waals surface area contributed by atoms with Crippen LogP contribution >= 0.6 is 11.3 Å². The number of anilines is 1. The molecule has 2 heterocycles. The molecular weight excluding hydrogens is 398 g/mol. The minimum Gasteiger partial charge on any atom is -0.477 e. The number of amides is 2. The van der Waals surface area contributed by atoms with E-state index in [1.165, 1.54) is 0 Å². The van der Waals surface area contributed by atoms with E-state index in [1.807, 2.05) is 77.0 Å². The van der Waals surface area contributed by atoms with Crippen LogP contribution in [0.4, 0.5) is 5.69 Å². The predicted molar refractivity (Wildman–Crippen MR) is 118 cm³/mol. The molecule has 2 aromatic carbocycles. The minimum atomic E-state index is -0.667. The van der Waals surface area contributed by atoms with Crippen LogP contribution < -0.4 is 20.3 Å². The molecule has 0 bridgehead atoms. The Hall–Kier alpha value is -3.32. The number of nitrogens with one attached hydrogen (secondary N) is 2. The number of thiophene rings is 1. The van der Waals surface area contributed by atoms with E-state index in [-0.39, 0.29) is 24.4 Å². The second-order valence-corrected chi connectivity index (χ2v) is 7.97. The zero-order valence-corrected chi connectivity index (χ0v) is 17.4. The third-order valence-electron chi connectivity index (χ3n) is 5.00. The van der Waals surface area contributed by atoms with Crippen LogP contribution in [0.2, 0.25) is 0 Å². The van der Waals surface area contributed by atoms with Gasteiger partial charge in [-0.3, -0.25) is 9.59 Å². The van der Waals surface area contributed by atoms with Gasteiger partial charge in [0.1, 0.15) is 5.75 Å². The quantitative estimate of drug-likeness (QED) is 0.642. The third kappa shape index (κ3) is 4.31. The molecule has 0 radical (unpaired) electrons. The number of hydrogen-bond acceptors (Lipinski definition) is 5.